The molecule has 1 fully saturated rings. The highest BCUT2D eigenvalue weighted by molar-refractivity contribution is 5.66. The van der Waals surface area contributed by atoms with Crippen molar-refractivity contribution >= 4 is 11.9 Å². The molecule has 1 aromatic rings. The van der Waals surface area contributed by atoms with Crippen LogP contribution < -0.4 is 4.90 Å². The maximum absolute atomic E-state index is 10.4. The van der Waals surface area contributed by atoms with Gasteiger partial charge in [0.25, 0.3) is 0 Å². The summed E-state index contributed by atoms with van der Waals surface area (Å²) in [5.74, 6) is 0.555. The lowest BCUT2D eigenvalue weighted by Gasteiger charge is -2.24. The predicted octanol–water partition coefficient (Wildman–Crippen LogP) is 0.812. The fourth-order valence-electron chi connectivity index (χ4n) is 1.86. The van der Waals surface area contributed by atoms with E-state index in [2.05, 4.69) is 20.1 Å². The van der Waals surface area contributed by atoms with Gasteiger partial charge < -0.3 is 10.0 Å². The van der Waals surface area contributed by atoms with E-state index >= 15 is 0 Å². The monoisotopic (exact) mass is 224 g/mol. The summed E-state index contributed by atoms with van der Waals surface area (Å²) in [4.78, 5) is 16.9. The molecule has 0 saturated carbocycles. The van der Waals surface area contributed by atoms with Crippen molar-refractivity contribution in [2.45, 2.75) is 32.1 Å². The van der Waals surface area contributed by atoms with Gasteiger partial charge in [-0.1, -0.05) is 0 Å². The second-order valence-corrected chi connectivity index (χ2v) is 4.02. The molecule has 0 atom stereocenters. The number of hydrogen-bond acceptors (Lipinski definition) is 4. The first-order valence-electron chi connectivity index (χ1n) is 5.64. The van der Waals surface area contributed by atoms with Crippen LogP contribution in [0.2, 0.25) is 0 Å². The van der Waals surface area contributed by atoms with Gasteiger partial charge in [0, 0.05) is 19.5 Å². The summed E-state index contributed by atoms with van der Waals surface area (Å²) in [6.07, 6.45) is 4.13. The van der Waals surface area contributed by atoms with E-state index in [1.807, 2.05) is 0 Å². The van der Waals surface area contributed by atoms with Gasteiger partial charge in [0.05, 0.1) is 6.42 Å². The summed E-state index contributed by atoms with van der Waals surface area (Å²) < 4.78 is 0. The number of aromatic nitrogens is 3. The number of nitrogens with one attached hydrogen (secondary N) is 1. The highest BCUT2D eigenvalue weighted by atomic mass is 16.4. The van der Waals surface area contributed by atoms with Crippen LogP contribution in [0.3, 0.4) is 0 Å². The predicted molar refractivity (Wildman–Crippen MR) is 58.4 cm³/mol. The lowest BCUT2D eigenvalue weighted by Crippen LogP contribution is -2.30. The second kappa shape index (κ2) is 4.96. The van der Waals surface area contributed by atoms with E-state index in [1.165, 1.54) is 19.3 Å². The molecule has 16 heavy (non-hydrogen) atoms. The molecule has 6 heteroatoms. The van der Waals surface area contributed by atoms with Crippen molar-refractivity contribution in [3.05, 3.63) is 5.82 Å². The number of aliphatic carboxylic acids is 1. The van der Waals surface area contributed by atoms with Crippen LogP contribution in [-0.2, 0) is 11.2 Å². The van der Waals surface area contributed by atoms with E-state index in [0.29, 0.717) is 18.2 Å². The molecular weight excluding hydrogens is 208 g/mol. The van der Waals surface area contributed by atoms with Gasteiger partial charge >= 0.3 is 5.97 Å². The first-order valence-corrected chi connectivity index (χ1v) is 5.64. The summed E-state index contributed by atoms with van der Waals surface area (Å²) in [6, 6.07) is 0. The van der Waals surface area contributed by atoms with Gasteiger partial charge in [-0.3, -0.25) is 9.89 Å². The Morgan fingerprint density at radius 2 is 2.12 bits per heavy atom. The standard InChI is InChI=1S/C10H16N4O2/c15-9(16)5-4-8-11-10(13-12-8)14-6-2-1-3-7-14/h1-7H2,(H,15,16)(H,11,12,13). The lowest BCUT2D eigenvalue weighted by atomic mass is 10.1. The number of carbonyl (C=O) groups is 1. The summed E-state index contributed by atoms with van der Waals surface area (Å²) >= 11 is 0. The van der Waals surface area contributed by atoms with E-state index in [9.17, 15) is 4.79 Å². The number of aryl methyl sites for hydroxylation is 1. The van der Waals surface area contributed by atoms with E-state index in [0.717, 1.165) is 13.1 Å². The summed E-state index contributed by atoms with van der Waals surface area (Å²) in [6.45, 7) is 1.99. The molecule has 0 unspecified atom stereocenters. The molecule has 2 heterocycles. The van der Waals surface area contributed by atoms with Gasteiger partial charge in [0.15, 0.2) is 0 Å². The van der Waals surface area contributed by atoms with Crippen LogP contribution in [0.25, 0.3) is 0 Å². The number of H-pyrrole nitrogens is 1. The lowest BCUT2D eigenvalue weighted by molar-refractivity contribution is -0.137. The van der Waals surface area contributed by atoms with Crippen LogP contribution >= 0.6 is 0 Å². The molecule has 1 aliphatic rings. The van der Waals surface area contributed by atoms with E-state index in [4.69, 9.17) is 5.11 Å². The third-order valence-electron chi connectivity index (χ3n) is 2.73. The number of carboxylic acid groups (broad SMARTS) is 1. The zero-order valence-corrected chi connectivity index (χ0v) is 9.15. The highest BCUT2D eigenvalue weighted by Crippen LogP contribution is 2.15. The van der Waals surface area contributed by atoms with Gasteiger partial charge in [0.1, 0.15) is 5.82 Å². The molecule has 0 bridgehead atoms. The number of anilines is 1. The molecule has 0 spiro atoms. The Kier molecular flexibility index (Phi) is 3.38. The van der Waals surface area contributed by atoms with Crippen molar-refractivity contribution in [3.8, 4) is 0 Å². The quantitative estimate of drug-likeness (QED) is 0.791. The van der Waals surface area contributed by atoms with Gasteiger partial charge in [-0.05, 0) is 19.3 Å². The third kappa shape index (κ3) is 2.71. The smallest absolute Gasteiger partial charge is 0.303 e. The minimum absolute atomic E-state index is 0.0919. The minimum Gasteiger partial charge on any atom is -0.481 e. The van der Waals surface area contributed by atoms with E-state index in [1.54, 1.807) is 0 Å². The van der Waals surface area contributed by atoms with Gasteiger partial charge in [-0.25, -0.2) is 0 Å². The minimum atomic E-state index is -0.809. The molecule has 88 valence electrons. The van der Waals surface area contributed by atoms with Gasteiger partial charge in [0.2, 0.25) is 5.95 Å². The Labute approximate surface area is 93.7 Å². The second-order valence-electron chi connectivity index (χ2n) is 4.02. The topological polar surface area (TPSA) is 82.1 Å². The Bertz CT molecular complexity index is 357. The number of piperidine rings is 1. The fraction of sp³-hybridized carbons (Fsp3) is 0.700. The van der Waals surface area contributed by atoms with Crippen LogP contribution in [0, 0.1) is 0 Å². The number of carboxylic acids is 1. The van der Waals surface area contributed by atoms with Crippen molar-refractivity contribution < 1.29 is 9.90 Å². The van der Waals surface area contributed by atoms with Crippen LogP contribution in [0.5, 0.6) is 0 Å². The Morgan fingerprint density at radius 1 is 1.38 bits per heavy atom. The van der Waals surface area contributed by atoms with Gasteiger partial charge in [-0.2, -0.15) is 4.98 Å². The maximum Gasteiger partial charge on any atom is 0.303 e. The summed E-state index contributed by atoms with van der Waals surface area (Å²) in [5.41, 5.74) is 0. The molecule has 2 rings (SSSR count). The van der Waals surface area contributed by atoms with Gasteiger partial charge in [-0.15, -0.1) is 5.10 Å². The summed E-state index contributed by atoms with van der Waals surface area (Å²) in [5, 5.41) is 15.5. The molecule has 0 aromatic carbocycles. The zero-order valence-electron chi connectivity index (χ0n) is 9.15. The van der Waals surface area contributed by atoms with Crippen LogP contribution in [0.4, 0.5) is 5.95 Å². The van der Waals surface area contributed by atoms with Crippen molar-refractivity contribution in [3.63, 3.8) is 0 Å². The van der Waals surface area contributed by atoms with Crippen molar-refractivity contribution in [1.29, 1.82) is 0 Å². The molecular formula is C10H16N4O2. The van der Waals surface area contributed by atoms with Crippen LogP contribution in [0.1, 0.15) is 31.5 Å². The Hall–Kier alpha value is -1.59. The number of nitrogens with zero attached hydrogens (tertiary/aromatic N) is 3. The first kappa shape index (κ1) is 10.9. The van der Waals surface area contributed by atoms with Crippen LogP contribution in [0.15, 0.2) is 0 Å². The van der Waals surface area contributed by atoms with Crippen molar-refractivity contribution in [1.82, 2.24) is 15.2 Å². The fourth-order valence-corrected chi connectivity index (χ4v) is 1.86. The van der Waals surface area contributed by atoms with E-state index < -0.39 is 5.97 Å². The average molecular weight is 224 g/mol. The van der Waals surface area contributed by atoms with Crippen molar-refractivity contribution in [2.75, 3.05) is 18.0 Å². The molecule has 0 radical (unpaired) electrons. The highest BCUT2D eigenvalue weighted by Gasteiger charge is 2.15. The van der Waals surface area contributed by atoms with Crippen LogP contribution in [-0.4, -0.2) is 39.3 Å². The third-order valence-corrected chi connectivity index (χ3v) is 2.73. The average Bonchev–Trinajstić information content (AvgIpc) is 2.76. The van der Waals surface area contributed by atoms with Crippen molar-refractivity contribution in [2.24, 2.45) is 0 Å². The van der Waals surface area contributed by atoms with E-state index in [-0.39, 0.29) is 6.42 Å². The molecule has 1 aliphatic heterocycles. The maximum atomic E-state index is 10.4. The molecule has 6 nitrogen and oxygen atoms in total. The summed E-state index contributed by atoms with van der Waals surface area (Å²) in [7, 11) is 0. The molecule has 0 amide bonds. The number of hydrogen-bond donors (Lipinski definition) is 2. The first-order chi connectivity index (χ1) is 7.75. The molecule has 1 aromatic heterocycles. The normalized spacial score (nSPS) is 16.4. The molecule has 1 saturated heterocycles. The number of aromatic amines is 1. The zero-order chi connectivity index (χ0) is 11.4. The Balaban J connectivity index is 1.93. The SMILES string of the molecule is O=C(O)CCc1nc(N2CCCCC2)n[nH]1. The molecule has 2 N–H and O–H groups in total. The largest absolute Gasteiger partial charge is 0.481 e. The molecule has 0 aliphatic carbocycles. The number of rotatable bonds is 4. The Morgan fingerprint density at radius 3 is 2.81 bits per heavy atom.